The van der Waals surface area contributed by atoms with E-state index >= 15 is 0 Å². The molecule has 37 heavy (non-hydrogen) atoms. The van der Waals surface area contributed by atoms with Crippen LogP contribution in [0, 0.1) is 29.6 Å². The summed E-state index contributed by atoms with van der Waals surface area (Å²) >= 11 is 0. The second-order valence-electron chi connectivity index (χ2n) is 12.4. The molecule has 0 spiro atoms. The van der Waals surface area contributed by atoms with Gasteiger partial charge in [-0.3, -0.25) is 14.3 Å². The molecule has 1 aliphatic heterocycles. The maximum atomic E-state index is 13.8. The van der Waals surface area contributed by atoms with E-state index in [0.717, 1.165) is 41.1 Å². The second kappa shape index (κ2) is 8.60. The molecule has 6 aliphatic rings. The van der Waals surface area contributed by atoms with E-state index in [1.165, 1.54) is 39.2 Å². The van der Waals surface area contributed by atoms with E-state index in [1.54, 1.807) is 9.47 Å². The number of fused-ring (bicyclic) bond motifs is 1. The molecular formula is C30H36N2O5. The molecule has 8 rings (SSSR count). The van der Waals surface area contributed by atoms with Crippen molar-refractivity contribution in [2.45, 2.75) is 75.9 Å². The second-order valence-corrected chi connectivity index (χ2v) is 12.4. The molecule has 0 radical (unpaired) electrons. The zero-order chi connectivity index (χ0) is 25.3. The van der Waals surface area contributed by atoms with E-state index < -0.39 is 11.5 Å². The summed E-state index contributed by atoms with van der Waals surface area (Å²) in [7, 11) is 1.39. The number of ether oxygens (including phenoxy) is 2. The summed E-state index contributed by atoms with van der Waals surface area (Å²) in [6, 6.07) is 7.84. The fraction of sp³-hybridized carbons (Fsp3) is 0.633. The van der Waals surface area contributed by atoms with Gasteiger partial charge in [0.25, 0.3) is 0 Å². The van der Waals surface area contributed by atoms with Crippen molar-refractivity contribution < 1.29 is 23.9 Å². The summed E-state index contributed by atoms with van der Waals surface area (Å²) in [5.74, 6) is 2.31. The van der Waals surface area contributed by atoms with Crippen LogP contribution in [0.2, 0.25) is 0 Å². The molecular weight excluding hydrogens is 468 g/mol. The molecule has 7 nitrogen and oxygen atoms in total. The van der Waals surface area contributed by atoms with Crippen molar-refractivity contribution in [1.29, 1.82) is 0 Å². The van der Waals surface area contributed by atoms with Gasteiger partial charge in [0.15, 0.2) is 0 Å². The van der Waals surface area contributed by atoms with Gasteiger partial charge in [0.1, 0.15) is 11.6 Å². The number of esters is 1. The molecule has 1 aromatic carbocycles. The van der Waals surface area contributed by atoms with Gasteiger partial charge in [0, 0.05) is 30.5 Å². The minimum Gasteiger partial charge on any atom is -0.467 e. The smallest absolute Gasteiger partial charge is 0.411 e. The van der Waals surface area contributed by atoms with Crippen LogP contribution in [-0.2, 0) is 20.7 Å². The van der Waals surface area contributed by atoms with Crippen LogP contribution in [-0.4, -0.2) is 52.7 Å². The minimum absolute atomic E-state index is 0.0330. The maximum Gasteiger partial charge on any atom is 0.411 e. The lowest BCUT2D eigenvalue weighted by Gasteiger charge is -2.53. The predicted molar refractivity (Wildman–Crippen MR) is 137 cm³/mol. The average Bonchev–Trinajstić information content (AvgIpc) is 3.57. The predicted octanol–water partition coefficient (Wildman–Crippen LogP) is 5.20. The number of rotatable bonds is 5. The molecule has 1 aromatic heterocycles. The maximum absolute atomic E-state index is 13.8. The molecule has 5 aliphatic carbocycles. The lowest BCUT2D eigenvalue weighted by atomic mass is 9.55. The normalized spacial score (nSPS) is 34.2. The molecule has 1 atom stereocenters. The molecule has 1 amide bonds. The number of hydrogen-bond acceptors (Lipinski definition) is 5. The highest BCUT2D eigenvalue weighted by Crippen LogP contribution is 2.55. The van der Waals surface area contributed by atoms with Crippen LogP contribution in [0.25, 0.3) is 10.9 Å². The van der Waals surface area contributed by atoms with Crippen LogP contribution in [0.4, 0.5) is 4.79 Å². The third kappa shape index (κ3) is 3.71. The van der Waals surface area contributed by atoms with Crippen molar-refractivity contribution in [1.82, 2.24) is 9.47 Å². The fourth-order valence-electron chi connectivity index (χ4n) is 8.47. The number of aromatic nitrogens is 1. The first-order chi connectivity index (χ1) is 18.0. The van der Waals surface area contributed by atoms with Crippen LogP contribution in [0.1, 0.15) is 68.1 Å². The van der Waals surface area contributed by atoms with Crippen molar-refractivity contribution in [3.63, 3.8) is 0 Å². The van der Waals surface area contributed by atoms with Crippen molar-refractivity contribution in [3.05, 3.63) is 36.0 Å². The number of amides is 1. The van der Waals surface area contributed by atoms with E-state index in [4.69, 9.17) is 9.47 Å². The molecule has 1 saturated heterocycles. The van der Waals surface area contributed by atoms with Gasteiger partial charge < -0.3 is 9.47 Å². The Hall–Kier alpha value is -2.83. The number of para-hydroxylation sites is 1. The third-order valence-electron chi connectivity index (χ3n) is 10.1. The monoisotopic (exact) mass is 504 g/mol. The first-order valence-corrected chi connectivity index (χ1v) is 14.2. The van der Waals surface area contributed by atoms with Gasteiger partial charge in [0.05, 0.1) is 12.6 Å². The Morgan fingerprint density at radius 2 is 1.70 bits per heavy atom. The zero-order valence-electron chi connectivity index (χ0n) is 21.6. The summed E-state index contributed by atoms with van der Waals surface area (Å²) in [4.78, 5) is 41.9. The van der Waals surface area contributed by atoms with Crippen molar-refractivity contribution in [2.75, 3.05) is 13.7 Å². The van der Waals surface area contributed by atoms with Gasteiger partial charge in [-0.1, -0.05) is 18.2 Å². The SMILES string of the molecule is COC(=O)C1(Cc2cn(C(=O)C3CC3)c3ccccc23)CCCN1C(=O)OC1C2CC3CC(C2)CC1C3. The molecule has 2 aromatic rings. The summed E-state index contributed by atoms with van der Waals surface area (Å²) in [5, 5.41) is 0.945. The lowest BCUT2D eigenvalue weighted by Crippen LogP contribution is -2.57. The Kier molecular flexibility index (Phi) is 5.42. The van der Waals surface area contributed by atoms with Gasteiger partial charge in [-0.2, -0.15) is 0 Å². The van der Waals surface area contributed by atoms with E-state index in [-0.39, 0.29) is 24.0 Å². The average molecular weight is 505 g/mol. The molecule has 7 heteroatoms. The minimum atomic E-state index is -1.13. The van der Waals surface area contributed by atoms with Crippen molar-refractivity contribution >= 4 is 28.9 Å². The Bertz CT molecular complexity index is 1230. The summed E-state index contributed by atoms with van der Waals surface area (Å²) in [5.41, 5.74) is 0.620. The quantitative estimate of drug-likeness (QED) is 0.523. The van der Waals surface area contributed by atoms with Crippen LogP contribution in [0.3, 0.4) is 0 Å². The van der Waals surface area contributed by atoms with Gasteiger partial charge in [-0.05, 0) is 93.1 Å². The zero-order valence-corrected chi connectivity index (χ0v) is 21.6. The number of hydrogen-bond donors (Lipinski definition) is 0. The highest BCUT2D eigenvalue weighted by Gasteiger charge is 2.55. The molecule has 196 valence electrons. The van der Waals surface area contributed by atoms with Crippen LogP contribution >= 0.6 is 0 Å². The summed E-state index contributed by atoms with van der Waals surface area (Å²) in [6.45, 7) is 0.473. The summed E-state index contributed by atoms with van der Waals surface area (Å²) < 4.78 is 13.4. The molecule has 5 saturated carbocycles. The van der Waals surface area contributed by atoms with Crippen molar-refractivity contribution in [2.24, 2.45) is 29.6 Å². The molecule has 6 fully saturated rings. The fourth-order valence-corrected chi connectivity index (χ4v) is 8.47. The standard InChI is InChI=1S/C30H36N2O5/c1-36-28(34)30(16-23-17-31(27(33)20-7-8-20)25-6-3-2-5-24(23)25)9-4-10-32(30)29(35)37-26-21-12-18-11-19(14-21)15-22(26)13-18/h2-3,5-6,17-22,26H,4,7-16H2,1H3. The van der Waals surface area contributed by atoms with Crippen LogP contribution in [0.15, 0.2) is 30.5 Å². The van der Waals surface area contributed by atoms with Gasteiger partial charge in [0.2, 0.25) is 5.91 Å². The van der Waals surface area contributed by atoms with E-state index in [2.05, 4.69) is 0 Å². The molecule has 4 bridgehead atoms. The summed E-state index contributed by atoms with van der Waals surface area (Å²) in [6.07, 6.45) is 10.9. The van der Waals surface area contributed by atoms with Gasteiger partial charge in [-0.25, -0.2) is 9.59 Å². The number of nitrogens with zero attached hydrogens (tertiary/aromatic N) is 2. The Morgan fingerprint density at radius 3 is 2.38 bits per heavy atom. The number of benzene rings is 1. The van der Waals surface area contributed by atoms with Gasteiger partial charge in [-0.15, -0.1) is 0 Å². The first-order valence-electron chi connectivity index (χ1n) is 14.2. The largest absolute Gasteiger partial charge is 0.467 e. The Balaban J connectivity index is 1.19. The highest BCUT2D eigenvalue weighted by atomic mass is 16.6. The van der Waals surface area contributed by atoms with Crippen LogP contribution in [0.5, 0.6) is 0 Å². The topological polar surface area (TPSA) is 77.8 Å². The number of carbonyl (C=O) groups is 3. The van der Waals surface area contributed by atoms with E-state index in [0.29, 0.717) is 37.6 Å². The molecule has 1 unspecified atom stereocenters. The highest BCUT2D eigenvalue weighted by molar-refractivity contribution is 5.97. The number of methoxy groups -OCH3 is 1. The molecule has 0 N–H and O–H groups in total. The van der Waals surface area contributed by atoms with Crippen molar-refractivity contribution in [3.8, 4) is 0 Å². The Labute approximate surface area is 217 Å². The third-order valence-corrected chi connectivity index (χ3v) is 10.1. The van der Waals surface area contributed by atoms with E-state index in [9.17, 15) is 14.4 Å². The van der Waals surface area contributed by atoms with E-state index in [1.807, 2.05) is 30.5 Å². The van der Waals surface area contributed by atoms with Gasteiger partial charge >= 0.3 is 12.1 Å². The number of likely N-dealkylation sites (tertiary alicyclic amines) is 1. The lowest BCUT2D eigenvalue weighted by molar-refractivity contribution is -0.154. The first kappa shape index (κ1) is 23.3. The van der Waals surface area contributed by atoms with Crippen LogP contribution < -0.4 is 0 Å². The number of carbonyl (C=O) groups excluding carboxylic acids is 3. The Morgan fingerprint density at radius 1 is 1.00 bits per heavy atom. The molecule has 2 heterocycles.